The summed E-state index contributed by atoms with van der Waals surface area (Å²) in [7, 11) is 0. The predicted molar refractivity (Wildman–Crippen MR) is 79.0 cm³/mol. The third kappa shape index (κ3) is 10.0. The molecule has 1 unspecified atom stereocenters. The largest absolute Gasteiger partial charge is 0.415 e. The van der Waals surface area contributed by atoms with Gasteiger partial charge in [-0.1, -0.05) is 0 Å². The standard InChI is InChI=1S/C8H4F13.3C2H6O.Ti/c1-2(9)4(12,13)6(16,17)8(20,21)7(18,19)5(14,15)3(10)11;3*1-2-3;/h2H,1H3;3*3H,2H2,1H3;/q-1;;;;. The molecule has 0 aliphatic heterocycles. The minimum Gasteiger partial charge on any atom is -0.415 e. The van der Waals surface area contributed by atoms with Crippen molar-refractivity contribution in [3.8, 4) is 0 Å². The van der Waals surface area contributed by atoms with Gasteiger partial charge in [0, 0.05) is 41.5 Å². The first-order valence-corrected chi connectivity index (χ1v) is 7.67. The van der Waals surface area contributed by atoms with Crippen LogP contribution in [0.15, 0.2) is 0 Å². The Hall–Kier alpha value is -0.316. The van der Waals surface area contributed by atoms with Crippen molar-refractivity contribution in [2.24, 2.45) is 0 Å². The summed E-state index contributed by atoms with van der Waals surface area (Å²) in [5, 5.41) is 22.7. The van der Waals surface area contributed by atoms with E-state index in [0.29, 0.717) is 0 Å². The maximum atomic E-state index is 12.7. The van der Waals surface area contributed by atoms with Crippen LogP contribution >= 0.6 is 0 Å². The van der Waals surface area contributed by atoms with Crippen LogP contribution in [0.5, 0.6) is 0 Å². The summed E-state index contributed by atoms with van der Waals surface area (Å²) in [4.78, 5) is 0. The van der Waals surface area contributed by atoms with Crippen LogP contribution in [0.2, 0.25) is 0 Å². The molecule has 31 heavy (non-hydrogen) atoms. The molecule has 0 aliphatic rings. The van der Waals surface area contributed by atoms with Crippen LogP contribution in [0.25, 0.3) is 0 Å². The Balaban J connectivity index is -0.000000192. The minimum atomic E-state index is -7.68. The zero-order valence-electron chi connectivity index (χ0n) is 16.5. The molecular formula is C14H22F13O3Ti-. The molecule has 17 heteroatoms. The van der Waals surface area contributed by atoms with Crippen molar-refractivity contribution >= 4 is 0 Å². The molecule has 0 aromatic heterocycles. The Morgan fingerprint density at radius 3 is 1.03 bits per heavy atom. The minimum absolute atomic E-state index is 0. The number of rotatable bonds is 6. The maximum absolute atomic E-state index is 12.7. The van der Waals surface area contributed by atoms with E-state index < -0.39 is 49.1 Å². The normalized spacial score (nSPS) is 13.5. The fourth-order valence-corrected chi connectivity index (χ4v) is 0.972. The average Bonchev–Trinajstić information content (AvgIpc) is 2.55. The Labute approximate surface area is 184 Å². The van der Waals surface area contributed by atoms with Crippen LogP contribution in [0.1, 0.15) is 27.7 Å². The monoisotopic (exact) mass is 533 g/mol. The van der Waals surface area contributed by atoms with E-state index in [-0.39, 0.29) is 41.5 Å². The molecular weight excluding hydrogens is 511 g/mol. The van der Waals surface area contributed by atoms with Crippen LogP contribution in [0.4, 0.5) is 57.1 Å². The van der Waals surface area contributed by atoms with Crippen molar-refractivity contribution < 1.29 is 94.1 Å². The number of aliphatic hydroxyl groups excluding tert-OH is 3. The molecule has 0 rings (SSSR count). The summed E-state index contributed by atoms with van der Waals surface area (Å²) in [5.41, 5.74) is 0. The molecule has 3 nitrogen and oxygen atoms in total. The van der Waals surface area contributed by atoms with Gasteiger partial charge < -0.3 is 24.1 Å². The summed E-state index contributed by atoms with van der Waals surface area (Å²) < 4.78 is 161. The third-order valence-corrected chi connectivity index (χ3v) is 2.34. The Morgan fingerprint density at radius 1 is 0.645 bits per heavy atom. The molecule has 0 saturated heterocycles. The summed E-state index contributed by atoms with van der Waals surface area (Å²) in [6.07, 6.45) is -8.87. The molecule has 0 fully saturated rings. The van der Waals surface area contributed by atoms with E-state index in [1.54, 1.807) is 20.8 Å². The van der Waals surface area contributed by atoms with E-state index in [1.165, 1.54) is 0 Å². The quantitative estimate of drug-likeness (QED) is 0.258. The number of aliphatic hydroxyl groups is 3. The molecule has 0 aliphatic carbocycles. The molecule has 0 aromatic rings. The maximum Gasteiger partial charge on any atom is 0.381 e. The van der Waals surface area contributed by atoms with Gasteiger partial charge in [-0.25, -0.2) is 13.2 Å². The van der Waals surface area contributed by atoms with E-state index in [0.717, 1.165) is 0 Å². The fourth-order valence-electron chi connectivity index (χ4n) is 0.972. The molecule has 1 atom stereocenters. The molecule has 0 amide bonds. The number of hydrogen-bond acceptors (Lipinski definition) is 3. The molecule has 192 valence electrons. The van der Waals surface area contributed by atoms with Gasteiger partial charge in [-0.2, -0.15) is 35.1 Å². The summed E-state index contributed by atoms with van der Waals surface area (Å²) in [5.74, 6) is -36.3. The second-order valence-electron chi connectivity index (χ2n) is 4.75. The van der Waals surface area contributed by atoms with E-state index >= 15 is 0 Å². The number of hydrogen-bond donors (Lipinski definition) is 3. The molecule has 0 saturated carbocycles. The van der Waals surface area contributed by atoms with Gasteiger partial charge in [0.2, 0.25) is 0 Å². The van der Waals surface area contributed by atoms with Crippen molar-refractivity contribution in [1.29, 1.82) is 0 Å². The van der Waals surface area contributed by atoms with E-state index in [2.05, 4.69) is 0 Å². The van der Waals surface area contributed by atoms with Gasteiger partial charge in [0.25, 0.3) is 5.92 Å². The van der Waals surface area contributed by atoms with Gasteiger partial charge in [0.1, 0.15) is 0 Å². The first kappa shape index (κ1) is 41.0. The number of halogens is 13. The van der Waals surface area contributed by atoms with Gasteiger partial charge >= 0.3 is 23.7 Å². The van der Waals surface area contributed by atoms with Crippen LogP contribution in [0, 0.1) is 6.43 Å². The summed E-state index contributed by atoms with van der Waals surface area (Å²) in [6, 6.07) is 0. The van der Waals surface area contributed by atoms with Crippen molar-refractivity contribution in [3.05, 3.63) is 6.43 Å². The number of alkyl halides is 11. The van der Waals surface area contributed by atoms with E-state index in [4.69, 9.17) is 15.3 Å². The summed E-state index contributed by atoms with van der Waals surface area (Å²) in [6.45, 7) is 5.35. The van der Waals surface area contributed by atoms with Crippen molar-refractivity contribution in [1.82, 2.24) is 0 Å². The van der Waals surface area contributed by atoms with Crippen LogP contribution in [-0.2, 0) is 21.7 Å². The SMILES string of the molecule is CC(F)C(F)(F)C(F)(F)C(F)(F)C(F)(F)C(F)(F)[C-](F)F.CCO.CCO.CCO.[Ti]. The second-order valence-corrected chi connectivity index (χ2v) is 4.75. The molecule has 3 N–H and O–H groups in total. The van der Waals surface area contributed by atoms with Crippen LogP contribution in [-0.4, -0.2) is 70.9 Å². The Bertz CT molecular complexity index is 397. The van der Waals surface area contributed by atoms with Gasteiger partial charge in [-0.3, -0.25) is 0 Å². The smallest absolute Gasteiger partial charge is 0.381 e. The first-order chi connectivity index (χ1) is 13.1. The molecule has 0 heterocycles. The van der Waals surface area contributed by atoms with Crippen molar-refractivity contribution in [2.45, 2.75) is 63.5 Å². The first-order valence-electron chi connectivity index (χ1n) is 7.67. The summed E-state index contributed by atoms with van der Waals surface area (Å²) >= 11 is 0. The zero-order valence-corrected chi connectivity index (χ0v) is 18.0. The Morgan fingerprint density at radius 2 is 0.871 bits per heavy atom. The van der Waals surface area contributed by atoms with Gasteiger partial charge in [-0.05, 0) is 27.7 Å². The van der Waals surface area contributed by atoms with Crippen LogP contribution in [0.3, 0.4) is 0 Å². The zero-order chi connectivity index (χ0) is 25.8. The van der Waals surface area contributed by atoms with Crippen molar-refractivity contribution in [3.63, 3.8) is 0 Å². The Kier molecular flexibility index (Phi) is 21.6. The third-order valence-electron chi connectivity index (χ3n) is 2.34. The average molecular weight is 533 g/mol. The van der Waals surface area contributed by atoms with E-state index in [1.807, 2.05) is 0 Å². The molecule has 0 bridgehead atoms. The van der Waals surface area contributed by atoms with Gasteiger partial charge in [0.15, 0.2) is 6.17 Å². The van der Waals surface area contributed by atoms with Gasteiger partial charge in [0.05, 0.1) is 6.43 Å². The molecule has 0 aromatic carbocycles. The van der Waals surface area contributed by atoms with Gasteiger partial charge in [-0.15, -0.1) is 0 Å². The predicted octanol–water partition coefficient (Wildman–Crippen LogP) is 4.94. The van der Waals surface area contributed by atoms with Crippen LogP contribution < -0.4 is 0 Å². The molecule has 0 spiro atoms. The fraction of sp³-hybridized carbons (Fsp3) is 0.929. The second kappa shape index (κ2) is 16.3. The van der Waals surface area contributed by atoms with Crippen molar-refractivity contribution in [2.75, 3.05) is 19.8 Å². The topological polar surface area (TPSA) is 60.7 Å². The van der Waals surface area contributed by atoms with E-state index in [9.17, 15) is 57.1 Å². The molecule has 0 radical (unpaired) electrons.